The average molecular weight is 219 g/mol. The summed E-state index contributed by atoms with van der Waals surface area (Å²) in [5.74, 6) is -0.290. The van der Waals surface area contributed by atoms with Crippen molar-refractivity contribution in [2.75, 3.05) is 13.2 Å². The van der Waals surface area contributed by atoms with Crippen LogP contribution in [0.4, 0.5) is 0 Å². The number of benzene rings is 1. The summed E-state index contributed by atoms with van der Waals surface area (Å²) in [5.41, 5.74) is 7.14. The number of aryl methyl sites for hydroxylation is 1. The molecule has 1 aliphatic heterocycles. The molecule has 1 fully saturated rings. The molecule has 2 N–H and O–H groups in total. The van der Waals surface area contributed by atoms with Gasteiger partial charge in [0.1, 0.15) is 5.41 Å². The van der Waals surface area contributed by atoms with E-state index in [1.54, 1.807) is 0 Å². The molecule has 86 valence electrons. The monoisotopic (exact) mass is 219 g/mol. The molecule has 1 aliphatic rings. The molecule has 1 amide bonds. The molecule has 0 bridgehead atoms. The molecule has 0 unspecified atom stereocenters. The number of amides is 1. The standard InChI is InChI=1S/C13H17NO2/c1-2-3-10-4-6-11(7-5-10)13(12(14)15)8-16-9-13/h4-7H,2-3,8-9H2,1H3,(H2,14,15). The maximum absolute atomic E-state index is 11.5. The normalized spacial score (nSPS) is 17.8. The van der Waals surface area contributed by atoms with Crippen LogP contribution in [0.1, 0.15) is 24.5 Å². The van der Waals surface area contributed by atoms with Gasteiger partial charge in [0.05, 0.1) is 13.2 Å². The van der Waals surface area contributed by atoms with E-state index in [1.165, 1.54) is 5.56 Å². The molecular weight excluding hydrogens is 202 g/mol. The third kappa shape index (κ3) is 1.71. The second-order valence-corrected chi connectivity index (χ2v) is 4.39. The predicted octanol–water partition coefficient (Wildman–Crippen LogP) is 1.39. The van der Waals surface area contributed by atoms with Gasteiger partial charge in [-0.25, -0.2) is 0 Å². The molecule has 0 saturated carbocycles. The lowest BCUT2D eigenvalue weighted by atomic mass is 9.77. The summed E-state index contributed by atoms with van der Waals surface area (Å²) >= 11 is 0. The van der Waals surface area contributed by atoms with E-state index in [4.69, 9.17) is 10.5 Å². The Morgan fingerprint density at radius 2 is 2.00 bits per heavy atom. The highest BCUT2D eigenvalue weighted by atomic mass is 16.5. The molecule has 1 aromatic carbocycles. The fraction of sp³-hybridized carbons (Fsp3) is 0.462. The predicted molar refractivity (Wildman–Crippen MR) is 62.1 cm³/mol. The first-order valence-corrected chi connectivity index (χ1v) is 5.66. The summed E-state index contributed by atoms with van der Waals surface area (Å²) in [6, 6.07) is 8.14. The van der Waals surface area contributed by atoms with Crippen LogP contribution in [0.25, 0.3) is 0 Å². The summed E-state index contributed by atoms with van der Waals surface area (Å²) in [6.07, 6.45) is 2.20. The van der Waals surface area contributed by atoms with E-state index in [0.717, 1.165) is 18.4 Å². The molecule has 1 heterocycles. The van der Waals surface area contributed by atoms with Crippen LogP contribution >= 0.6 is 0 Å². The Morgan fingerprint density at radius 3 is 2.38 bits per heavy atom. The van der Waals surface area contributed by atoms with Crippen LogP contribution in [0.2, 0.25) is 0 Å². The highest BCUT2D eigenvalue weighted by Gasteiger charge is 2.45. The first-order valence-electron chi connectivity index (χ1n) is 5.66. The molecule has 0 atom stereocenters. The molecule has 0 aromatic heterocycles. The number of carbonyl (C=O) groups is 1. The average Bonchev–Trinajstić information content (AvgIpc) is 2.18. The van der Waals surface area contributed by atoms with Gasteiger partial charge in [0.15, 0.2) is 0 Å². The lowest BCUT2D eigenvalue weighted by Gasteiger charge is -2.38. The van der Waals surface area contributed by atoms with Gasteiger partial charge >= 0.3 is 0 Å². The van der Waals surface area contributed by atoms with Crippen molar-refractivity contribution >= 4 is 5.91 Å². The molecule has 2 rings (SSSR count). The third-order valence-corrected chi connectivity index (χ3v) is 3.21. The molecule has 0 spiro atoms. The van der Waals surface area contributed by atoms with Crippen LogP contribution in [0.3, 0.4) is 0 Å². The van der Waals surface area contributed by atoms with Crippen molar-refractivity contribution in [3.05, 3.63) is 35.4 Å². The van der Waals surface area contributed by atoms with Crippen molar-refractivity contribution in [1.82, 2.24) is 0 Å². The number of rotatable bonds is 4. The van der Waals surface area contributed by atoms with Crippen LogP contribution in [0, 0.1) is 0 Å². The third-order valence-electron chi connectivity index (χ3n) is 3.21. The van der Waals surface area contributed by atoms with Gasteiger partial charge in [-0.3, -0.25) is 4.79 Å². The largest absolute Gasteiger partial charge is 0.378 e. The van der Waals surface area contributed by atoms with Gasteiger partial charge in [0.2, 0.25) is 5.91 Å². The zero-order chi connectivity index (χ0) is 11.6. The Labute approximate surface area is 95.6 Å². The molecule has 16 heavy (non-hydrogen) atoms. The van der Waals surface area contributed by atoms with Crippen molar-refractivity contribution in [3.8, 4) is 0 Å². The van der Waals surface area contributed by atoms with Crippen LogP contribution in [-0.4, -0.2) is 19.1 Å². The topological polar surface area (TPSA) is 52.3 Å². The SMILES string of the molecule is CCCc1ccc(C2(C(N)=O)COC2)cc1. The number of primary amides is 1. The summed E-state index contributed by atoms with van der Waals surface area (Å²) in [5, 5.41) is 0. The maximum Gasteiger partial charge on any atom is 0.232 e. The van der Waals surface area contributed by atoms with Gasteiger partial charge in [0, 0.05) is 0 Å². The Kier molecular flexibility index (Phi) is 2.97. The van der Waals surface area contributed by atoms with E-state index in [0.29, 0.717) is 13.2 Å². The molecule has 1 aromatic rings. The van der Waals surface area contributed by atoms with Gasteiger partial charge in [-0.1, -0.05) is 37.6 Å². The van der Waals surface area contributed by atoms with E-state index < -0.39 is 5.41 Å². The van der Waals surface area contributed by atoms with E-state index in [1.807, 2.05) is 12.1 Å². The van der Waals surface area contributed by atoms with Gasteiger partial charge in [-0.2, -0.15) is 0 Å². The molecule has 3 nitrogen and oxygen atoms in total. The molecule has 0 radical (unpaired) electrons. The van der Waals surface area contributed by atoms with Crippen molar-refractivity contribution in [2.45, 2.75) is 25.2 Å². The van der Waals surface area contributed by atoms with Crippen LogP contribution < -0.4 is 5.73 Å². The second kappa shape index (κ2) is 4.26. The smallest absolute Gasteiger partial charge is 0.232 e. The van der Waals surface area contributed by atoms with Crippen LogP contribution in [0.5, 0.6) is 0 Å². The van der Waals surface area contributed by atoms with Crippen molar-refractivity contribution in [3.63, 3.8) is 0 Å². The first-order chi connectivity index (χ1) is 7.69. The van der Waals surface area contributed by atoms with E-state index >= 15 is 0 Å². The minimum Gasteiger partial charge on any atom is -0.378 e. The first kappa shape index (κ1) is 11.1. The van der Waals surface area contributed by atoms with Gasteiger partial charge in [-0.05, 0) is 17.5 Å². The number of ether oxygens (including phenoxy) is 1. The van der Waals surface area contributed by atoms with E-state index in [9.17, 15) is 4.79 Å². The number of carbonyl (C=O) groups excluding carboxylic acids is 1. The summed E-state index contributed by atoms with van der Waals surface area (Å²) in [7, 11) is 0. The van der Waals surface area contributed by atoms with Gasteiger partial charge in [0.25, 0.3) is 0 Å². The highest BCUT2D eigenvalue weighted by molar-refractivity contribution is 5.88. The fourth-order valence-corrected chi connectivity index (χ4v) is 2.04. The lowest BCUT2D eigenvalue weighted by molar-refractivity contribution is -0.141. The van der Waals surface area contributed by atoms with Crippen LogP contribution in [0.15, 0.2) is 24.3 Å². The number of hydrogen-bond acceptors (Lipinski definition) is 2. The zero-order valence-electron chi connectivity index (χ0n) is 9.53. The summed E-state index contributed by atoms with van der Waals surface area (Å²) < 4.78 is 5.13. The fourth-order valence-electron chi connectivity index (χ4n) is 2.04. The minimum atomic E-state index is -0.579. The summed E-state index contributed by atoms with van der Waals surface area (Å²) in [6.45, 7) is 2.98. The van der Waals surface area contributed by atoms with Crippen molar-refractivity contribution < 1.29 is 9.53 Å². The highest BCUT2D eigenvalue weighted by Crippen LogP contribution is 2.32. The van der Waals surface area contributed by atoms with Gasteiger partial charge < -0.3 is 10.5 Å². The Balaban J connectivity index is 2.23. The van der Waals surface area contributed by atoms with E-state index in [-0.39, 0.29) is 5.91 Å². The number of nitrogens with two attached hydrogens (primary N) is 1. The Morgan fingerprint density at radius 1 is 1.38 bits per heavy atom. The number of hydrogen-bond donors (Lipinski definition) is 1. The molecule has 0 aliphatic carbocycles. The second-order valence-electron chi connectivity index (χ2n) is 4.39. The summed E-state index contributed by atoms with van der Waals surface area (Å²) in [4.78, 5) is 11.5. The van der Waals surface area contributed by atoms with Gasteiger partial charge in [-0.15, -0.1) is 0 Å². The lowest BCUT2D eigenvalue weighted by Crippen LogP contribution is -2.56. The van der Waals surface area contributed by atoms with Crippen LogP contribution in [-0.2, 0) is 21.4 Å². The maximum atomic E-state index is 11.5. The Hall–Kier alpha value is -1.35. The van der Waals surface area contributed by atoms with Crippen molar-refractivity contribution in [1.29, 1.82) is 0 Å². The zero-order valence-corrected chi connectivity index (χ0v) is 9.53. The minimum absolute atomic E-state index is 0.290. The Bertz CT molecular complexity index is 379. The van der Waals surface area contributed by atoms with Crippen molar-refractivity contribution in [2.24, 2.45) is 5.73 Å². The molecular formula is C13H17NO2. The molecule has 3 heteroatoms. The van der Waals surface area contributed by atoms with E-state index in [2.05, 4.69) is 19.1 Å². The quantitative estimate of drug-likeness (QED) is 0.832. The molecule has 1 saturated heterocycles.